The molecule has 2 aromatic carbocycles. The normalized spacial score (nSPS) is 12.2. The number of nitrogens with zero attached hydrogens (tertiary/aromatic N) is 1. The van der Waals surface area contributed by atoms with Gasteiger partial charge in [0.1, 0.15) is 16.4 Å². The lowest BCUT2D eigenvalue weighted by atomic mass is 9.48. The highest BCUT2D eigenvalue weighted by Gasteiger charge is 2.42. The fourth-order valence-corrected chi connectivity index (χ4v) is 2.67. The first-order chi connectivity index (χ1) is 14.9. The van der Waals surface area contributed by atoms with Gasteiger partial charge in [0.15, 0.2) is 11.6 Å². The van der Waals surface area contributed by atoms with Crippen LogP contribution < -0.4 is 9.64 Å². The highest BCUT2D eigenvalue weighted by molar-refractivity contribution is 6.62. The second-order valence-electron chi connectivity index (χ2n) is 6.33. The van der Waals surface area contributed by atoms with Crippen LogP contribution in [-0.2, 0) is 12.4 Å². The predicted molar refractivity (Wildman–Crippen MR) is 104 cm³/mol. The Kier molecular flexibility index (Phi) is 7.10. The van der Waals surface area contributed by atoms with Gasteiger partial charge in [-0.1, -0.05) is 22.8 Å². The smallest absolute Gasteiger partial charge is 0.408 e. The van der Waals surface area contributed by atoms with Gasteiger partial charge in [-0.2, -0.15) is 26.3 Å². The minimum atomic E-state index is -5.50. The minimum absolute atomic E-state index is 0.109. The van der Waals surface area contributed by atoms with Crippen molar-refractivity contribution < 1.29 is 44.7 Å². The van der Waals surface area contributed by atoms with Gasteiger partial charge in [-0.3, -0.25) is 4.90 Å². The number of alkyl halides is 6. The molecule has 0 aliphatic carbocycles. The maximum atomic E-state index is 14.4. The standard InChI is InChI=1S/C18H5B3ClF8NO2/c1-2-7-5-8(16(25,26)27)6-9(17(28,29)30)14(7)33-15(32)31(18(19,20)21)11-4-3-10(23)12(22)13(11)24/h1,3-6H. The van der Waals surface area contributed by atoms with E-state index in [-0.39, 0.29) is 17.0 Å². The Morgan fingerprint density at radius 1 is 1.03 bits per heavy atom. The van der Waals surface area contributed by atoms with Crippen LogP contribution in [0.25, 0.3) is 0 Å². The summed E-state index contributed by atoms with van der Waals surface area (Å²) < 4.78 is 112. The second kappa shape index (κ2) is 8.86. The summed E-state index contributed by atoms with van der Waals surface area (Å²) >= 11 is 5.40. The van der Waals surface area contributed by atoms with E-state index in [4.69, 9.17) is 41.6 Å². The largest absolute Gasteiger partial charge is 0.420 e. The lowest BCUT2D eigenvalue weighted by Gasteiger charge is -2.36. The average molecular weight is 487 g/mol. The molecule has 0 aliphatic rings. The van der Waals surface area contributed by atoms with Gasteiger partial charge < -0.3 is 4.74 Å². The van der Waals surface area contributed by atoms with Crippen LogP contribution in [-0.4, -0.2) is 34.9 Å². The van der Waals surface area contributed by atoms with Crippen molar-refractivity contribution in [1.82, 2.24) is 0 Å². The third kappa shape index (κ3) is 5.58. The highest BCUT2D eigenvalue weighted by atomic mass is 35.5. The van der Waals surface area contributed by atoms with Crippen LogP contribution in [0.5, 0.6) is 5.75 Å². The summed E-state index contributed by atoms with van der Waals surface area (Å²) in [5.74, 6) is -2.96. The molecule has 0 atom stereocenters. The first-order valence-electron chi connectivity index (χ1n) is 8.20. The van der Waals surface area contributed by atoms with Crippen LogP contribution in [0.3, 0.4) is 0 Å². The molecule has 0 N–H and O–H groups in total. The highest BCUT2D eigenvalue weighted by Crippen LogP contribution is 2.43. The maximum absolute atomic E-state index is 14.4. The molecule has 2 aromatic rings. The van der Waals surface area contributed by atoms with Crippen LogP contribution in [0, 0.1) is 24.0 Å². The Labute approximate surface area is 190 Å². The lowest BCUT2D eigenvalue weighted by molar-refractivity contribution is -0.143. The topological polar surface area (TPSA) is 29.5 Å². The molecule has 0 bridgehead atoms. The van der Waals surface area contributed by atoms with Crippen molar-refractivity contribution in [3.63, 3.8) is 0 Å². The average Bonchev–Trinajstić information content (AvgIpc) is 2.65. The van der Waals surface area contributed by atoms with Gasteiger partial charge in [0.25, 0.3) is 0 Å². The van der Waals surface area contributed by atoms with Crippen molar-refractivity contribution in [3.05, 3.63) is 57.6 Å². The van der Waals surface area contributed by atoms with Crippen molar-refractivity contribution in [2.24, 2.45) is 0 Å². The number of hydrogen-bond donors (Lipinski definition) is 0. The number of benzene rings is 2. The number of carbonyl (C=O) groups excluding carboxylic acids is 1. The van der Waals surface area contributed by atoms with Gasteiger partial charge in [-0.25, -0.2) is 13.6 Å². The molecule has 0 aliphatic heterocycles. The SMILES string of the molecule is [B]C([B])([B])N(C(=O)Oc1c(C#C)cc(C(F)(F)F)cc1C(F)(F)F)c1ccc(F)c(Cl)c1F. The number of carbonyl (C=O) groups is 1. The van der Waals surface area contributed by atoms with E-state index in [0.29, 0.717) is 12.1 Å². The van der Waals surface area contributed by atoms with E-state index < -0.39 is 68.5 Å². The van der Waals surface area contributed by atoms with E-state index in [9.17, 15) is 39.9 Å². The lowest BCUT2D eigenvalue weighted by Crippen LogP contribution is -2.55. The number of hydrogen-bond acceptors (Lipinski definition) is 2. The number of rotatable bonds is 3. The first kappa shape index (κ1) is 26.4. The third-order valence-electron chi connectivity index (χ3n) is 3.89. The number of amides is 1. The fourth-order valence-electron chi connectivity index (χ4n) is 2.51. The molecule has 0 unspecified atom stereocenters. The quantitative estimate of drug-likeness (QED) is 0.271. The summed E-state index contributed by atoms with van der Waals surface area (Å²) in [5.41, 5.74) is -6.05. The van der Waals surface area contributed by atoms with Crippen molar-refractivity contribution in [2.75, 3.05) is 4.90 Å². The van der Waals surface area contributed by atoms with Crippen LogP contribution >= 0.6 is 11.6 Å². The maximum Gasteiger partial charge on any atom is 0.420 e. The molecule has 0 heterocycles. The Balaban J connectivity index is 2.71. The Morgan fingerprint density at radius 3 is 2.06 bits per heavy atom. The zero-order chi connectivity index (χ0) is 25.5. The molecule has 6 radical (unpaired) electrons. The number of terminal acetylenes is 1. The number of halogens is 9. The summed E-state index contributed by atoms with van der Waals surface area (Å²) in [6.45, 7) is 0. The van der Waals surface area contributed by atoms with E-state index in [0.717, 1.165) is 0 Å². The molecule has 33 heavy (non-hydrogen) atoms. The van der Waals surface area contributed by atoms with Gasteiger partial charge >= 0.3 is 18.4 Å². The van der Waals surface area contributed by atoms with E-state index in [2.05, 4.69) is 4.74 Å². The summed E-state index contributed by atoms with van der Waals surface area (Å²) in [4.78, 5) is 12.5. The molecule has 0 saturated carbocycles. The predicted octanol–water partition coefficient (Wildman–Crippen LogP) is 4.76. The van der Waals surface area contributed by atoms with E-state index in [1.54, 1.807) is 0 Å². The first-order valence-corrected chi connectivity index (χ1v) is 8.58. The van der Waals surface area contributed by atoms with E-state index >= 15 is 0 Å². The zero-order valence-corrected chi connectivity index (χ0v) is 16.5. The van der Waals surface area contributed by atoms with Crippen molar-refractivity contribution in [1.29, 1.82) is 0 Å². The molecular weight excluding hydrogens is 482 g/mol. The van der Waals surface area contributed by atoms with Gasteiger partial charge in [0.2, 0.25) is 0 Å². The van der Waals surface area contributed by atoms with Crippen molar-refractivity contribution >= 4 is 46.9 Å². The summed E-state index contributed by atoms with van der Waals surface area (Å²) in [7, 11) is 16.1. The van der Waals surface area contributed by atoms with Crippen LogP contribution in [0.4, 0.5) is 45.6 Å². The van der Waals surface area contributed by atoms with E-state index in [1.807, 2.05) is 0 Å². The molecule has 0 aromatic heterocycles. The monoisotopic (exact) mass is 487 g/mol. The molecule has 0 saturated heterocycles. The molecule has 3 nitrogen and oxygen atoms in total. The Bertz CT molecular complexity index is 1140. The molecule has 0 spiro atoms. The van der Waals surface area contributed by atoms with Crippen LogP contribution in [0.1, 0.15) is 16.7 Å². The van der Waals surface area contributed by atoms with Gasteiger partial charge in [0, 0.05) is 0 Å². The van der Waals surface area contributed by atoms with Gasteiger partial charge in [-0.05, 0) is 24.3 Å². The third-order valence-corrected chi connectivity index (χ3v) is 4.24. The van der Waals surface area contributed by atoms with Crippen molar-refractivity contribution in [2.45, 2.75) is 17.6 Å². The summed E-state index contributed by atoms with van der Waals surface area (Å²) in [6, 6.07) is 0.847. The molecule has 15 heteroatoms. The minimum Gasteiger partial charge on any atom is -0.408 e. The summed E-state index contributed by atoms with van der Waals surface area (Å²) in [5, 5.41) is -4.04. The van der Waals surface area contributed by atoms with E-state index in [1.165, 1.54) is 5.92 Å². The number of ether oxygens (including phenoxy) is 1. The van der Waals surface area contributed by atoms with Gasteiger partial charge in [0.05, 0.1) is 40.4 Å². The van der Waals surface area contributed by atoms with Crippen molar-refractivity contribution in [3.8, 4) is 18.1 Å². The second-order valence-corrected chi connectivity index (χ2v) is 6.70. The molecule has 2 rings (SSSR count). The molecule has 1 amide bonds. The van der Waals surface area contributed by atoms with Crippen LogP contribution in [0.15, 0.2) is 24.3 Å². The van der Waals surface area contributed by atoms with Crippen LogP contribution in [0.2, 0.25) is 5.02 Å². The zero-order valence-electron chi connectivity index (χ0n) is 15.8. The van der Waals surface area contributed by atoms with Gasteiger partial charge in [-0.15, -0.1) is 6.42 Å². The fraction of sp³-hybridized carbons (Fsp3) is 0.167. The molecule has 166 valence electrons. The summed E-state index contributed by atoms with van der Waals surface area (Å²) in [6.07, 6.45) is -7.74. The Hall–Kier alpha value is -2.81. The molecule has 0 fully saturated rings. The molecular formula is C18H5B3ClF8NO2. The Morgan fingerprint density at radius 2 is 1.61 bits per heavy atom. The number of anilines is 1.